The van der Waals surface area contributed by atoms with Gasteiger partial charge in [-0.15, -0.1) is 0 Å². The number of aromatic nitrogens is 4. The molecule has 2 N–H and O–H groups in total. The smallest absolute Gasteiger partial charge is 0.416 e. The van der Waals surface area contributed by atoms with Crippen LogP contribution in [0.15, 0.2) is 79.4 Å². The van der Waals surface area contributed by atoms with Gasteiger partial charge in [0.25, 0.3) is 5.91 Å². The summed E-state index contributed by atoms with van der Waals surface area (Å²) in [5.74, 6) is -0.667. The van der Waals surface area contributed by atoms with Gasteiger partial charge in [0, 0.05) is 47.6 Å². The Morgan fingerprint density at radius 3 is 2.52 bits per heavy atom. The van der Waals surface area contributed by atoms with Crippen molar-refractivity contribution in [3.05, 3.63) is 90.5 Å². The van der Waals surface area contributed by atoms with Crippen LogP contribution in [0.4, 0.5) is 26.5 Å². The highest BCUT2D eigenvalue weighted by molar-refractivity contribution is 6.04. The van der Waals surface area contributed by atoms with Crippen LogP contribution >= 0.6 is 0 Å². The number of nitrogens with one attached hydrogen (secondary N) is 2. The number of benzene rings is 2. The number of amides is 2. The molecular formula is C40H46FN7O4. The molecule has 52 heavy (non-hydrogen) atoms. The summed E-state index contributed by atoms with van der Waals surface area (Å²) in [6.07, 6.45) is 7.01. The number of carbonyl (C=O) groups is 2. The lowest BCUT2D eigenvalue weighted by atomic mass is 9.93. The van der Waals surface area contributed by atoms with Gasteiger partial charge in [0.15, 0.2) is 11.5 Å². The number of pyridine rings is 1. The highest BCUT2D eigenvalue weighted by atomic mass is 19.1. The molecule has 11 nitrogen and oxygen atoms in total. The summed E-state index contributed by atoms with van der Waals surface area (Å²) in [6, 6.07) is 16.9. The summed E-state index contributed by atoms with van der Waals surface area (Å²) in [5.41, 5.74) is 3.58. The normalized spacial score (nSPS) is 16.2. The lowest BCUT2D eigenvalue weighted by Crippen LogP contribution is -2.38. The van der Waals surface area contributed by atoms with Crippen molar-refractivity contribution >= 4 is 45.7 Å². The van der Waals surface area contributed by atoms with E-state index in [9.17, 15) is 14.0 Å². The first-order valence-corrected chi connectivity index (χ1v) is 17.6. The molecule has 1 aliphatic rings. The van der Waals surface area contributed by atoms with E-state index in [1.54, 1.807) is 34.9 Å². The standard InChI is InChI=1S/C40H46FN7O4/c1-24(2)33-22-43-48-35(21-34(46-37(33)48)44-28-12-15-30(51-7)16-13-28)47(39(50)52-40(4,5)6)23-27-10-8-9-11-31(27)36-32-17-14-29(45-38(49)25(3)41)20-26(32)18-19-42-36/h8-11,14,17-22,24,28,30H,3,12-13,15-16,23H2,1-2,4-7H3,(H,44,46)(H,45,49). The molecule has 5 aromatic rings. The van der Waals surface area contributed by atoms with E-state index in [2.05, 4.69) is 31.1 Å². The number of rotatable bonds is 10. The molecule has 3 heterocycles. The van der Waals surface area contributed by atoms with Gasteiger partial charge < -0.3 is 20.1 Å². The van der Waals surface area contributed by atoms with E-state index in [1.807, 2.05) is 69.4 Å². The van der Waals surface area contributed by atoms with E-state index in [-0.39, 0.29) is 24.6 Å². The Labute approximate surface area is 303 Å². The fourth-order valence-electron chi connectivity index (χ4n) is 6.57. The van der Waals surface area contributed by atoms with Crippen molar-refractivity contribution in [1.29, 1.82) is 0 Å². The van der Waals surface area contributed by atoms with Crippen LogP contribution < -0.4 is 15.5 Å². The van der Waals surface area contributed by atoms with Crippen LogP contribution in [0, 0.1) is 0 Å². The number of ether oxygens (including phenoxy) is 2. The summed E-state index contributed by atoms with van der Waals surface area (Å²) in [5, 5.41) is 12.5. The number of hydrogen-bond donors (Lipinski definition) is 2. The van der Waals surface area contributed by atoms with Crippen LogP contribution in [-0.4, -0.2) is 56.4 Å². The zero-order valence-electron chi connectivity index (χ0n) is 30.6. The van der Waals surface area contributed by atoms with E-state index < -0.39 is 23.4 Å². The maximum absolute atomic E-state index is 14.3. The molecule has 12 heteroatoms. The number of carbonyl (C=O) groups excluding carboxylic acids is 2. The van der Waals surface area contributed by atoms with Gasteiger partial charge in [0.05, 0.1) is 24.5 Å². The number of halogens is 1. The summed E-state index contributed by atoms with van der Waals surface area (Å²) in [6.45, 7) is 12.9. The van der Waals surface area contributed by atoms with Crippen molar-refractivity contribution < 1.29 is 23.5 Å². The summed E-state index contributed by atoms with van der Waals surface area (Å²) in [7, 11) is 1.76. The fourth-order valence-corrected chi connectivity index (χ4v) is 6.57. The van der Waals surface area contributed by atoms with Crippen LogP contribution in [0.3, 0.4) is 0 Å². The lowest BCUT2D eigenvalue weighted by molar-refractivity contribution is -0.114. The van der Waals surface area contributed by atoms with Crippen LogP contribution in [0.2, 0.25) is 0 Å². The van der Waals surface area contributed by atoms with Gasteiger partial charge in [-0.1, -0.05) is 50.8 Å². The van der Waals surface area contributed by atoms with Crippen LogP contribution in [-0.2, 0) is 20.8 Å². The van der Waals surface area contributed by atoms with Crippen LogP contribution in [0.1, 0.15) is 77.3 Å². The van der Waals surface area contributed by atoms with Crippen molar-refractivity contribution in [3.63, 3.8) is 0 Å². The second-order valence-electron chi connectivity index (χ2n) is 14.5. The molecule has 1 saturated carbocycles. The molecule has 0 saturated heterocycles. The summed E-state index contributed by atoms with van der Waals surface area (Å²) >= 11 is 0. The first kappa shape index (κ1) is 36.4. The van der Waals surface area contributed by atoms with Crippen molar-refractivity contribution in [3.8, 4) is 11.3 Å². The molecule has 6 rings (SSSR count). The number of methoxy groups -OCH3 is 1. The Kier molecular flexibility index (Phi) is 10.6. The molecule has 0 atom stereocenters. The van der Waals surface area contributed by atoms with Gasteiger partial charge in [-0.05, 0) is 81.5 Å². The first-order valence-electron chi connectivity index (χ1n) is 17.6. The van der Waals surface area contributed by atoms with Crippen molar-refractivity contribution in [2.24, 2.45) is 0 Å². The molecule has 1 fully saturated rings. The maximum atomic E-state index is 14.3. The Morgan fingerprint density at radius 1 is 1.08 bits per heavy atom. The number of anilines is 3. The van der Waals surface area contributed by atoms with E-state index >= 15 is 0 Å². The first-order chi connectivity index (χ1) is 24.8. The van der Waals surface area contributed by atoms with Gasteiger partial charge >= 0.3 is 6.09 Å². The van der Waals surface area contributed by atoms with Crippen LogP contribution in [0.25, 0.3) is 27.7 Å². The van der Waals surface area contributed by atoms with E-state index in [1.165, 1.54) is 0 Å². The molecule has 0 aliphatic heterocycles. The highest BCUT2D eigenvalue weighted by Gasteiger charge is 2.29. The quantitative estimate of drug-likeness (QED) is 0.138. The van der Waals surface area contributed by atoms with Crippen molar-refractivity contribution in [2.45, 2.75) is 90.5 Å². The molecule has 0 bridgehead atoms. The maximum Gasteiger partial charge on any atom is 0.416 e. The number of fused-ring (bicyclic) bond motifs is 2. The minimum atomic E-state index is -1.07. The predicted molar refractivity (Wildman–Crippen MR) is 202 cm³/mol. The van der Waals surface area contributed by atoms with E-state index in [0.717, 1.165) is 53.1 Å². The van der Waals surface area contributed by atoms with E-state index in [0.29, 0.717) is 28.7 Å². The van der Waals surface area contributed by atoms with Gasteiger partial charge in [-0.25, -0.2) is 14.2 Å². The molecule has 2 aromatic carbocycles. The third kappa shape index (κ3) is 8.07. The third-order valence-electron chi connectivity index (χ3n) is 9.22. The molecule has 272 valence electrons. The summed E-state index contributed by atoms with van der Waals surface area (Å²) in [4.78, 5) is 37.6. The second-order valence-corrected chi connectivity index (χ2v) is 14.5. The monoisotopic (exact) mass is 707 g/mol. The third-order valence-corrected chi connectivity index (χ3v) is 9.22. The SMILES string of the molecule is C=C(F)C(=O)Nc1ccc2c(-c3ccccc3CN(C(=O)OC(C)(C)C)c3cc(NC4CCC(OC)CC4)nc4c(C(C)C)cnn34)nccc2c1. The average Bonchev–Trinajstić information content (AvgIpc) is 3.54. The Bertz CT molecular complexity index is 2110. The fraction of sp³-hybridized carbons (Fsp3) is 0.375. The Hall–Kier alpha value is -5.36. The largest absolute Gasteiger partial charge is 0.443 e. The molecule has 0 unspecified atom stereocenters. The van der Waals surface area contributed by atoms with Crippen molar-refractivity contribution in [1.82, 2.24) is 19.6 Å². The van der Waals surface area contributed by atoms with E-state index in [4.69, 9.17) is 24.5 Å². The molecule has 0 spiro atoms. The zero-order chi connectivity index (χ0) is 37.2. The number of nitrogens with zero attached hydrogens (tertiary/aromatic N) is 5. The van der Waals surface area contributed by atoms with Gasteiger partial charge in [-0.2, -0.15) is 9.61 Å². The number of hydrogen-bond acceptors (Lipinski definition) is 8. The average molecular weight is 708 g/mol. The minimum Gasteiger partial charge on any atom is -0.443 e. The highest BCUT2D eigenvalue weighted by Crippen LogP contribution is 2.34. The topological polar surface area (TPSA) is 123 Å². The Morgan fingerprint density at radius 2 is 1.83 bits per heavy atom. The van der Waals surface area contributed by atoms with Crippen LogP contribution in [0.5, 0.6) is 0 Å². The minimum absolute atomic E-state index is 0.129. The van der Waals surface area contributed by atoms with Gasteiger partial charge in [0.1, 0.15) is 17.2 Å². The van der Waals surface area contributed by atoms with Gasteiger partial charge in [0.2, 0.25) is 0 Å². The molecule has 3 aromatic heterocycles. The molecule has 0 radical (unpaired) electrons. The predicted octanol–water partition coefficient (Wildman–Crippen LogP) is 8.80. The summed E-state index contributed by atoms with van der Waals surface area (Å²) < 4.78 is 26.7. The molecule has 2 amide bonds. The molecular weight excluding hydrogens is 661 g/mol. The lowest BCUT2D eigenvalue weighted by Gasteiger charge is -2.30. The second kappa shape index (κ2) is 15.1. The molecule has 1 aliphatic carbocycles. The van der Waals surface area contributed by atoms with Crippen molar-refractivity contribution in [2.75, 3.05) is 22.6 Å². The zero-order valence-corrected chi connectivity index (χ0v) is 30.6. The van der Waals surface area contributed by atoms with Gasteiger partial charge in [-0.3, -0.25) is 14.7 Å². The Balaban J connectivity index is 1.44.